The van der Waals surface area contributed by atoms with Crippen LogP contribution in [-0.2, 0) is 13.0 Å². The minimum Gasteiger partial charge on any atom is -1.00 e. The highest BCUT2D eigenvalue weighted by atomic mass is 35.5. The van der Waals surface area contributed by atoms with Gasteiger partial charge in [-0.1, -0.05) is 11.3 Å². The fourth-order valence-electron chi connectivity index (χ4n) is 1.87. The summed E-state index contributed by atoms with van der Waals surface area (Å²) < 4.78 is 2.15. The van der Waals surface area contributed by atoms with Crippen molar-refractivity contribution in [2.24, 2.45) is 0 Å². The number of hydrogen-bond donors (Lipinski definition) is 2. The SMILES string of the molecule is Cc1ccc(C[n+]2csc(CCO)c2C)c(N)n1.Cl.[Cl-]. The number of aliphatic hydroxyl groups is 1. The highest BCUT2D eigenvalue weighted by Gasteiger charge is 2.16. The lowest BCUT2D eigenvalue weighted by Gasteiger charge is -2.02. The van der Waals surface area contributed by atoms with E-state index in [1.165, 1.54) is 10.6 Å². The Morgan fingerprint density at radius 3 is 2.65 bits per heavy atom. The molecule has 0 aliphatic rings. The average Bonchev–Trinajstić information content (AvgIpc) is 2.66. The molecule has 0 saturated heterocycles. The van der Waals surface area contributed by atoms with Crippen LogP contribution in [0.4, 0.5) is 5.82 Å². The number of pyridine rings is 1. The normalized spacial score (nSPS) is 9.75. The van der Waals surface area contributed by atoms with Gasteiger partial charge >= 0.3 is 0 Å². The third-order valence-electron chi connectivity index (χ3n) is 2.99. The van der Waals surface area contributed by atoms with Crippen molar-refractivity contribution >= 4 is 29.6 Å². The summed E-state index contributed by atoms with van der Waals surface area (Å²) in [4.78, 5) is 5.49. The Morgan fingerprint density at radius 1 is 1.35 bits per heavy atom. The first-order valence-electron chi connectivity index (χ1n) is 5.91. The topological polar surface area (TPSA) is 63.0 Å². The monoisotopic (exact) mass is 335 g/mol. The Morgan fingerprint density at radius 2 is 2.05 bits per heavy atom. The van der Waals surface area contributed by atoms with Gasteiger partial charge in [-0.2, -0.15) is 4.57 Å². The second kappa shape index (κ2) is 8.42. The third kappa shape index (κ3) is 4.31. The summed E-state index contributed by atoms with van der Waals surface area (Å²) in [7, 11) is 0. The summed E-state index contributed by atoms with van der Waals surface area (Å²) in [5, 5.41) is 8.99. The van der Waals surface area contributed by atoms with Crippen molar-refractivity contribution in [2.45, 2.75) is 26.8 Å². The fraction of sp³-hybridized carbons (Fsp3) is 0.385. The maximum Gasteiger partial charge on any atom is 0.225 e. The third-order valence-corrected chi connectivity index (χ3v) is 4.13. The predicted octanol–water partition coefficient (Wildman–Crippen LogP) is -1.36. The van der Waals surface area contributed by atoms with Crippen LogP contribution in [-0.4, -0.2) is 16.7 Å². The minimum atomic E-state index is 0. The summed E-state index contributed by atoms with van der Waals surface area (Å²) in [5.74, 6) is 0.594. The highest BCUT2D eigenvalue weighted by Crippen LogP contribution is 2.14. The van der Waals surface area contributed by atoms with E-state index in [4.69, 9.17) is 10.8 Å². The number of thiazole rings is 1. The van der Waals surface area contributed by atoms with Crippen molar-refractivity contribution < 1.29 is 22.1 Å². The Hall–Kier alpha value is -0.880. The summed E-state index contributed by atoms with van der Waals surface area (Å²) in [5.41, 5.74) is 11.1. The van der Waals surface area contributed by atoms with Crippen LogP contribution >= 0.6 is 23.7 Å². The van der Waals surface area contributed by atoms with Crippen LogP contribution in [0.2, 0.25) is 0 Å². The predicted molar refractivity (Wildman–Crippen MR) is 79.8 cm³/mol. The van der Waals surface area contributed by atoms with Gasteiger partial charge in [-0.3, -0.25) is 0 Å². The van der Waals surface area contributed by atoms with Crippen LogP contribution in [0.5, 0.6) is 0 Å². The van der Waals surface area contributed by atoms with Gasteiger partial charge in [0.2, 0.25) is 5.51 Å². The van der Waals surface area contributed by atoms with Crippen LogP contribution in [0.3, 0.4) is 0 Å². The number of nitrogen functional groups attached to an aromatic ring is 1. The molecule has 0 aromatic carbocycles. The van der Waals surface area contributed by atoms with Gasteiger partial charge < -0.3 is 23.2 Å². The van der Waals surface area contributed by atoms with Gasteiger partial charge in [-0.05, 0) is 19.1 Å². The molecule has 0 spiro atoms. The van der Waals surface area contributed by atoms with Gasteiger partial charge in [0.15, 0.2) is 12.2 Å². The molecule has 7 heteroatoms. The molecule has 4 nitrogen and oxygen atoms in total. The Labute approximate surface area is 135 Å². The second-order valence-electron chi connectivity index (χ2n) is 4.33. The molecule has 20 heavy (non-hydrogen) atoms. The largest absolute Gasteiger partial charge is 1.00 e. The van der Waals surface area contributed by atoms with E-state index in [2.05, 4.69) is 22.0 Å². The fourth-order valence-corrected chi connectivity index (χ4v) is 2.86. The molecule has 3 N–H and O–H groups in total. The number of rotatable bonds is 4. The second-order valence-corrected chi connectivity index (χ2v) is 5.27. The van der Waals surface area contributed by atoms with Crippen LogP contribution in [0.15, 0.2) is 17.6 Å². The minimum absolute atomic E-state index is 0. The molecule has 0 saturated carbocycles. The first kappa shape index (κ1) is 19.1. The van der Waals surface area contributed by atoms with Gasteiger partial charge in [0.1, 0.15) is 5.82 Å². The summed E-state index contributed by atoms with van der Waals surface area (Å²) in [6.07, 6.45) is 0.713. The van der Waals surface area contributed by atoms with Crippen molar-refractivity contribution in [1.29, 1.82) is 0 Å². The summed E-state index contributed by atoms with van der Waals surface area (Å²) in [6, 6.07) is 4.00. The van der Waals surface area contributed by atoms with Crippen molar-refractivity contribution in [3.63, 3.8) is 0 Å². The molecule has 0 bridgehead atoms. The van der Waals surface area contributed by atoms with Crippen LogP contribution in [0, 0.1) is 13.8 Å². The lowest BCUT2D eigenvalue weighted by molar-refractivity contribution is -0.689. The maximum absolute atomic E-state index is 8.99. The number of halogens is 2. The lowest BCUT2D eigenvalue weighted by atomic mass is 10.2. The van der Waals surface area contributed by atoms with Gasteiger partial charge in [-0.15, -0.1) is 12.4 Å². The molecule has 0 atom stereocenters. The molecule has 2 heterocycles. The van der Waals surface area contributed by atoms with E-state index in [0.29, 0.717) is 12.2 Å². The van der Waals surface area contributed by atoms with Crippen molar-refractivity contribution in [1.82, 2.24) is 4.98 Å². The Bertz CT molecular complexity index is 561. The molecule has 112 valence electrons. The van der Waals surface area contributed by atoms with Crippen LogP contribution < -0.4 is 22.7 Å². The van der Waals surface area contributed by atoms with Crippen LogP contribution in [0.1, 0.15) is 21.8 Å². The molecule has 2 rings (SSSR count). The standard InChI is InChI=1S/C13H18N3OS.2ClH/c1-9-3-4-11(13(14)15-9)7-16-8-18-12(5-6-17)10(16)2;;/h3-4,8,17H,5-7H2,1-2H3,(H2,14,15);2*1H/q+1;;/p-1. The number of nitrogens with zero attached hydrogens (tertiary/aromatic N) is 2. The van der Waals surface area contributed by atoms with E-state index in [0.717, 1.165) is 17.8 Å². The molecular weight excluding hydrogens is 317 g/mol. The maximum atomic E-state index is 8.99. The Kier molecular flexibility index (Phi) is 8.05. The summed E-state index contributed by atoms with van der Waals surface area (Å²) >= 11 is 1.67. The van der Waals surface area contributed by atoms with E-state index >= 15 is 0 Å². The molecular formula is C13H19Cl2N3OS. The average molecular weight is 336 g/mol. The molecule has 0 radical (unpaired) electrons. The van der Waals surface area contributed by atoms with Gasteiger partial charge in [0.25, 0.3) is 0 Å². The van der Waals surface area contributed by atoms with E-state index in [1.54, 1.807) is 11.3 Å². The zero-order valence-corrected chi connectivity index (χ0v) is 13.9. The molecule has 0 aliphatic carbocycles. The van der Waals surface area contributed by atoms with E-state index in [1.807, 2.05) is 19.1 Å². The van der Waals surface area contributed by atoms with E-state index < -0.39 is 0 Å². The van der Waals surface area contributed by atoms with E-state index in [-0.39, 0.29) is 31.4 Å². The molecule has 2 aromatic rings. The van der Waals surface area contributed by atoms with Crippen LogP contribution in [0.25, 0.3) is 0 Å². The first-order chi connectivity index (χ1) is 8.61. The van der Waals surface area contributed by atoms with E-state index in [9.17, 15) is 0 Å². The zero-order valence-electron chi connectivity index (χ0n) is 11.5. The lowest BCUT2D eigenvalue weighted by Crippen LogP contribution is -3.00. The van der Waals surface area contributed by atoms with Gasteiger partial charge in [-0.25, -0.2) is 4.98 Å². The number of anilines is 1. The first-order valence-corrected chi connectivity index (χ1v) is 6.79. The van der Waals surface area contributed by atoms with Gasteiger partial charge in [0, 0.05) is 25.6 Å². The molecule has 0 unspecified atom stereocenters. The number of nitrogens with two attached hydrogens (primary N) is 1. The quantitative estimate of drug-likeness (QED) is 0.678. The van der Waals surface area contributed by atoms with Crippen molar-refractivity contribution in [3.8, 4) is 0 Å². The molecule has 0 fully saturated rings. The molecule has 2 aromatic heterocycles. The number of aliphatic hydroxyl groups excluding tert-OH is 1. The number of aryl methyl sites for hydroxylation is 1. The Balaban J connectivity index is 0.00000180. The summed E-state index contributed by atoms with van der Waals surface area (Å²) in [6.45, 7) is 4.92. The van der Waals surface area contributed by atoms with Crippen molar-refractivity contribution in [3.05, 3.63) is 39.5 Å². The highest BCUT2D eigenvalue weighted by molar-refractivity contribution is 7.09. The zero-order chi connectivity index (χ0) is 13.1. The molecule has 0 aliphatic heterocycles. The van der Waals surface area contributed by atoms with Gasteiger partial charge in [0.05, 0.1) is 10.4 Å². The van der Waals surface area contributed by atoms with Crippen molar-refractivity contribution in [2.75, 3.05) is 12.3 Å². The number of aromatic nitrogens is 2. The number of hydrogen-bond acceptors (Lipinski definition) is 4. The molecule has 0 amide bonds. The smallest absolute Gasteiger partial charge is 0.225 e.